The first-order chi connectivity index (χ1) is 50.4. The van der Waals surface area contributed by atoms with Crippen molar-refractivity contribution in [2.75, 3.05) is 26.9 Å². The molecule has 0 aliphatic rings. The maximum atomic E-state index is 14.9. The lowest BCUT2D eigenvalue weighted by molar-refractivity contribution is -0.157. The van der Waals surface area contributed by atoms with Crippen LogP contribution in [-0.2, 0) is 106 Å². The molecule has 0 unspecified atom stereocenters. The van der Waals surface area contributed by atoms with Crippen LogP contribution in [0, 0.1) is 41.4 Å². The maximum Gasteiger partial charge on any atom is 0.307 e. The lowest BCUT2D eigenvalue weighted by Gasteiger charge is -2.30. The van der Waals surface area contributed by atoms with Gasteiger partial charge in [0.2, 0.25) is 41.4 Å². The van der Waals surface area contributed by atoms with Crippen LogP contribution >= 0.6 is 0 Å². The summed E-state index contributed by atoms with van der Waals surface area (Å²) in [6, 6.07) is 15.1. The van der Waals surface area contributed by atoms with E-state index < -0.39 is 156 Å². The van der Waals surface area contributed by atoms with Gasteiger partial charge in [-0.05, 0) is 137 Å². The molecule has 107 heavy (non-hydrogen) atoms. The quantitative estimate of drug-likeness (QED) is 0.0149. The predicted molar refractivity (Wildman–Crippen MR) is 403 cm³/mol. The largest absolute Gasteiger partial charge is 0.508 e. The highest BCUT2D eigenvalue weighted by atomic mass is 16.6. The molecular formula is C81H121N7O19. The summed E-state index contributed by atoms with van der Waals surface area (Å²) < 4.78 is 27.3. The van der Waals surface area contributed by atoms with Gasteiger partial charge in [-0.25, -0.2) is 0 Å². The molecule has 26 heteroatoms. The number of amides is 7. The normalized spacial score (nSPS) is 14.1. The number of nitrogens with one attached hydrogen (secondary N) is 7. The summed E-state index contributed by atoms with van der Waals surface area (Å²) in [5, 5.41) is 29.4. The van der Waals surface area contributed by atoms with E-state index in [1.165, 1.54) is 26.2 Å². The van der Waals surface area contributed by atoms with Crippen LogP contribution < -0.4 is 37.2 Å². The second-order valence-electron chi connectivity index (χ2n) is 30.7. The second kappa shape index (κ2) is 48.4. The van der Waals surface area contributed by atoms with E-state index in [2.05, 4.69) is 37.2 Å². The first-order valence-corrected chi connectivity index (χ1v) is 37.5. The van der Waals surface area contributed by atoms with Gasteiger partial charge >= 0.3 is 17.9 Å². The zero-order chi connectivity index (χ0) is 79.9. The van der Waals surface area contributed by atoms with Crippen LogP contribution in [0.5, 0.6) is 5.75 Å². The Morgan fingerprint density at radius 2 is 0.785 bits per heavy atom. The number of aromatic hydroxyl groups is 1. The van der Waals surface area contributed by atoms with E-state index in [-0.39, 0.29) is 132 Å². The number of methoxy groups -OCH3 is 1. The number of Topliss-reactive ketones (excluding diaryl/α,β-unsaturated/α-hetero) is 3. The van der Waals surface area contributed by atoms with Crippen molar-refractivity contribution in [2.24, 2.45) is 41.4 Å². The summed E-state index contributed by atoms with van der Waals surface area (Å²) in [4.78, 5) is 184. The van der Waals surface area contributed by atoms with Gasteiger partial charge in [0.05, 0.1) is 43.7 Å². The summed E-state index contributed by atoms with van der Waals surface area (Å²) in [6.45, 7) is 25.1. The van der Waals surface area contributed by atoms with Crippen LogP contribution in [0.25, 0.3) is 0 Å². The average molecular weight is 1500 g/mol. The fourth-order valence-corrected chi connectivity index (χ4v) is 11.8. The third kappa shape index (κ3) is 39.0. The molecule has 0 aliphatic heterocycles. The Hall–Kier alpha value is -8.91. The molecule has 0 saturated carbocycles. The average Bonchev–Trinajstić information content (AvgIpc) is 0.864. The molecule has 3 aromatic rings. The molecule has 0 bridgehead atoms. The molecule has 0 saturated heterocycles. The molecule has 9 atom stereocenters. The Morgan fingerprint density at radius 3 is 1.21 bits per heavy atom. The lowest BCUT2D eigenvalue weighted by atomic mass is 9.89. The van der Waals surface area contributed by atoms with E-state index in [0.717, 1.165) is 5.56 Å². The summed E-state index contributed by atoms with van der Waals surface area (Å²) in [5.41, 5.74) is 1.07. The molecule has 7 amide bonds. The molecule has 594 valence electrons. The van der Waals surface area contributed by atoms with E-state index in [9.17, 15) is 67.4 Å². The van der Waals surface area contributed by atoms with Crippen molar-refractivity contribution in [2.45, 2.75) is 254 Å². The number of carbonyl (C=O) groups is 13. The molecule has 0 aromatic heterocycles. The molecule has 0 spiro atoms. The zero-order valence-corrected chi connectivity index (χ0v) is 65.6. The number of hydrogen-bond acceptors (Lipinski definition) is 19. The van der Waals surface area contributed by atoms with Crippen molar-refractivity contribution in [3.8, 4) is 5.75 Å². The van der Waals surface area contributed by atoms with E-state index >= 15 is 0 Å². The van der Waals surface area contributed by atoms with Gasteiger partial charge in [0.15, 0.2) is 17.3 Å². The zero-order valence-electron chi connectivity index (χ0n) is 65.6. The highest BCUT2D eigenvalue weighted by Crippen LogP contribution is 2.23. The van der Waals surface area contributed by atoms with Gasteiger partial charge in [-0.1, -0.05) is 142 Å². The molecule has 3 aromatic carbocycles. The Morgan fingerprint density at radius 1 is 0.393 bits per heavy atom. The summed E-state index contributed by atoms with van der Waals surface area (Å²) in [7, 11) is 1.53. The maximum absolute atomic E-state index is 14.9. The minimum atomic E-state index is -1.40. The van der Waals surface area contributed by atoms with Crippen molar-refractivity contribution in [1.82, 2.24) is 37.2 Å². The molecule has 0 aliphatic carbocycles. The monoisotopic (exact) mass is 1500 g/mol. The van der Waals surface area contributed by atoms with Crippen molar-refractivity contribution in [1.29, 1.82) is 0 Å². The Bertz CT molecular complexity index is 3320. The van der Waals surface area contributed by atoms with Gasteiger partial charge in [-0.15, -0.1) is 0 Å². The molecule has 0 radical (unpaired) electrons. The van der Waals surface area contributed by atoms with Gasteiger partial charge in [0.25, 0.3) is 0 Å². The standard InChI is InChI=1S/C81H121N7O19/c1-50(2)39-63(70(92)45-59(30-34-72(94)105-48-57-23-18-16-19-24-57)75(97)83-62(69(91)27-22-36-104-38-37-103-15)33-35-73(95)106-49-58-25-20-17-21-26-58)84-77(99)66(41-52(5)6)86-79(101)68(43-54(9)10)88-80(102)67(42-53(7)8)87-78(100)65(40-51(3)4)85-76(98)60(47-74(96)107-81(12,13)14)46-71(93)64(82-55(11)89)44-56-28-31-61(90)32-29-56/h16-21,23-26,28-29,31-32,50-54,59-60,62-68,90H,22,27,30,33-49H2,1-15H3,(H,82,89)(H,83,97)(H,84,99)(H,85,98)(H,86,101)(H,87,100)(H,88,102)/t59-,60+,62-,63-,64+,65-,66-,67-,68-/m1/s1. The first-order valence-electron chi connectivity index (χ1n) is 37.5. The van der Waals surface area contributed by atoms with Gasteiger partial charge in [0, 0.05) is 58.7 Å². The van der Waals surface area contributed by atoms with Crippen LogP contribution in [0.4, 0.5) is 0 Å². The second-order valence-corrected chi connectivity index (χ2v) is 30.7. The Balaban J connectivity index is 1.96. The molecule has 0 fully saturated rings. The number of phenols is 1. The molecule has 8 N–H and O–H groups in total. The number of rotatable bonds is 51. The Labute approximate surface area is 632 Å². The van der Waals surface area contributed by atoms with E-state index in [1.54, 1.807) is 95.3 Å². The topological polar surface area (TPSA) is 372 Å². The summed E-state index contributed by atoms with van der Waals surface area (Å²) in [6.07, 6.45) is -2.10. The van der Waals surface area contributed by atoms with Crippen molar-refractivity contribution < 1.29 is 91.1 Å². The van der Waals surface area contributed by atoms with Gasteiger partial charge in [-0.3, -0.25) is 62.3 Å². The smallest absolute Gasteiger partial charge is 0.307 e. The minimum absolute atomic E-state index is 0.0124. The number of esters is 3. The van der Waals surface area contributed by atoms with Crippen molar-refractivity contribution in [3.63, 3.8) is 0 Å². The number of ketones is 3. The number of hydrogen-bond donors (Lipinski definition) is 8. The van der Waals surface area contributed by atoms with Gasteiger partial charge in [-0.2, -0.15) is 0 Å². The lowest BCUT2D eigenvalue weighted by Crippen LogP contribution is -2.59. The fourth-order valence-electron chi connectivity index (χ4n) is 11.8. The Kier molecular flexibility index (Phi) is 41.8. The SMILES string of the molecule is COCCOCCCC(=O)[C@@H](CCC(=O)OCc1ccccc1)NC(=O)[C@H](CCC(=O)OCc1ccccc1)CC(=O)[C@@H](CC(C)C)NC(=O)[C@@H](CC(C)C)NC(=O)[C@@H](CC(C)C)NC(=O)[C@@H](CC(C)C)NC(=O)[C@@H](CC(C)C)NC(=O)[C@H](CC(=O)OC(C)(C)C)CC(=O)[C@H](Cc1ccc(O)cc1)NC(C)=O. The highest BCUT2D eigenvalue weighted by Gasteiger charge is 2.38. The number of ether oxygens (including phenoxy) is 5. The summed E-state index contributed by atoms with van der Waals surface area (Å²) in [5.74, 6) is -12.7. The van der Waals surface area contributed by atoms with E-state index in [1.807, 2.05) is 67.5 Å². The third-order valence-corrected chi connectivity index (χ3v) is 17.1. The van der Waals surface area contributed by atoms with Crippen LogP contribution in [0.3, 0.4) is 0 Å². The van der Waals surface area contributed by atoms with Crippen LogP contribution in [0.1, 0.15) is 204 Å². The van der Waals surface area contributed by atoms with Gasteiger partial charge in [0.1, 0.15) is 48.7 Å². The van der Waals surface area contributed by atoms with E-state index in [0.29, 0.717) is 24.3 Å². The molecular weight excluding hydrogens is 1370 g/mol. The predicted octanol–water partition coefficient (Wildman–Crippen LogP) is 8.52. The number of carbonyl (C=O) groups excluding carboxylic acids is 13. The van der Waals surface area contributed by atoms with Gasteiger partial charge < -0.3 is 66.0 Å². The number of benzene rings is 3. The van der Waals surface area contributed by atoms with Crippen LogP contribution in [0.2, 0.25) is 0 Å². The fraction of sp³-hybridized carbons (Fsp3) is 0.617. The highest BCUT2D eigenvalue weighted by molar-refractivity contribution is 5.99. The van der Waals surface area contributed by atoms with Crippen molar-refractivity contribution >= 4 is 76.6 Å². The molecule has 3 rings (SSSR count). The van der Waals surface area contributed by atoms with Crippen LogP contribution in [-0.4, -0.2) is 157 Å². The number of phenolic OH excluding ortho intramolecular Hbond substituents is 1. The summed E-state index contributed by atoms with van der Waals surface area (Å²) >= 11 is 0. The van der Waals surface area contributed by atoms with Crippen molar-refractivity contribution in [3.05, 3.63) is 102 Å². The minimum Gasteiger partial charge on any atom is -0.508 e. The van der Waals surface area contributed by atoms with E-state index in [4.69, 9.17) is 23.7 Å². The molecule has 0 heterocycles. The van der Waals surface area contributed by atoms with Crippen LogP contribution in [0.15, 0.2) is 84.9 Å². The first kappa shape index (κ1) is 92.3. The molecule has 26 nitrogen and oxygen atoms in total. The third-order valence-electron chi connectivity index (χ3n) is 17.1.